The molecule has 1 aromatic rings. The van der Waals surface area contributed by atoms with E-state index in [9.17, 15) is 18.0 Å². The van der Waals surface area contributed by atoms with Crippen LogP contribution in [0.5, 0.6) is 0 Å². The number of carboxylic acid groups (broad SMARTS) is 1. The lowest BCUT2D eigenvalue weighted by Gasteiger charge is -2.21. The lowest BCUT2D eigenvalue weighted by Crippen LogP contribution is -2.47. The molecular formula is C11H12F3NO2. The molecule has 1 rings (SSSR count). The van der Waals surface area contributed by atoms with Crippen LogP contribution in [0.2, 0.25) is 0 Å². The molecule has 0 amide bonds. The monoisotopic (exact) mass is 247 g/mol. The largest absolute Gasteiger partial charge is 0.480 e. The summed E-state index contributed by atoms with van der Waals surface area (Å²) in [5.74, 6) is -1.34. The number of hydrogen-bond acceptors (Lipinski definition) is 2. The second kappa shape index (κ2) is 4.37. The Hall–Kier alpha value is -1.56. The second-order valence-corrected chi connectivity index (χ2v) is 4.05. The van der Waals surface area contributed by atoms with Gasteiger partial charge in [0.1, 0.15) is 5.54 Å². The van der Waals surface area contributed by atoms with Gasteiger partial charge in [-0.25, -0.2) is 0 Å². The lowest BCUT2D eigenvalue weighted by atomic mass is 9.91. The first-order valence-corrected chi connectivity index (χ1v) is 4.82. The van der Waals surface area contributed by atoms with E-state index in [0.717, 1.165) is 6.07 Å². The summed E-state index contributed by atoms with van der Waals surface area (Å²) in [5, 5.41) is 8.79. The third kappa shape index (κ3) is 3.20. The predicted molar refractivity (Wildman–Crippen MR) is 55.4 cm³/mol. The van der Waals surface area contributed by atoms with Crippen molar-refractivity contribution in [3.8, 4) is 0 Å². The zero-order chi connectivity index (χ0) is 13.3. The molecule has 0 unspecified atom stereocenters. The molecule has 0 saturated carbocycles. The first-order chi connectivity index (χ1) is 7.64. The van der Waals surface area contributed by atoms with Gasteiger partial charge in [0, 0.05) is 6.42 Å². The van der Waals surface area contributed by atoms with E-state index >= 15 is 0 Å². The normalized spacial score (nSPS) is 15.4. The Bertz CT molecular complexity index is 427. The van der Waals surface area contributed by atoms with E-state index < -0.39 is 23.2 Å². The van der Waals surface area contributed by atoms with Gasteiger partial charge in [0.2, 0.25) is 0 Å². The Labute approximate surface area is 96.0 Å². The summed E-state index contributed by atoms with van der Waals surface area (Å²) >= 11 is 0. The molecule has 0 aliphatic carbocycles. The van der Waals surface area contributed by atoms with Crippen molar-refractivity contribution in [1.29, 1.82) is 0 Å². The van der Waals surface area contributed by atoms with E-state index in [1.165, 1.54) is 25.1 Å². The van der Waals surface area contributed by atoms with Crippen LogP contribution in [0.3, 0.4) is 0 Å². The second-order valence-electron chi connectivity index (χ2n) is 4.05. The summed E-state index contributed by atoms with van der Waals surface area (Å²) in [6, 6.07) is 4.81. The Morgan fingerprint density at radius 1 is 1.35 bits per heavy atom. The minimum atomic E-state index is -4.51. The highest BCUT2D eigenvalue weighted by Gasteiger charge is 2.36. The van der Waals surface area contributed by atoms with Gasteiger partial charge in [-0.3, -0.25) is 4.79 Å². The summed E-state index contributed by atoms with van der Waals surface area (Å²) in [7, 11) is 0. The fourth-order valence-corrected chi connectivity index (χ4v) is 1.42. The number of hydrogen-bond donors (Lipinski definition) is 2. The van der Waals surface area contributed by atoms with Gasteiger partial charge in [-0.2, -0.15) is 13.2 Å². The van der Waals surface area contributed by atoms with Gasteiger partial charge in [0.05, 0.1) is 5.56 Å². The Balaban J connectivity index is 3.12. The van der Waals surface area contributed by atoms with E-state index in [1.54, 1.807) is 0 Å². The van der Waals surface area contributed by atoms with Crippen LogP contribution in [0.15, 0.2) is 24.3 Å². The number of aliphatic carboxylic acids is 1. The van der Waals surface area contributed by atoms with Crippen LogP contribution in [0.1, 0.15) is 18.1 Å². The molecule has 1 aromatic carbocycles. The average molecular weight is 247 g/mol. The molecule has 0 aliphatic rings. The number of nitrogens with two attached hydrogens (primary N) is 1. The van der Waals surface area contributed by atoms with Crippen LogP contribution in [0.25, 0.3) is 0 Å². The zero-order valence-corrected chi connectivity index (χ0v) is 9.08. The number of rotatable bonds is 3. The molecular weight excluding hydrogens is 235 g/mol. The molecule has 0 saturated heterocycles. The van der Waals surface area contributed by atoms with Crippen molar-refractivity contribution in [2.24, 2.45) is 5.73 Å². The third-order valence-corrected chi connectivity index (χ3v) is 2.37. The maximum Gasteiger partial charge on any atom is 0.416 e. The summed E-state index contributed by atoms with van der Waals surface area (Å²) in [5.41, 5.74) is 2.75. The zero-order valence-electron chi connectivity index (χ0n) is 9.08. The highest BCUT2D eigenvalue weighted by atomic mass is 19.4. The van der Waals surface area contributed by atoms with Crippen LogP contribution in [-0.4, -0.2) is 16.6 Å². The quantitative estimate of drug-likeness (QED) is 0.859. The smallest absolute Gasteiger partial charge is 0.416 e. The van der Waals surface area contributed by atoms with Gasteiger partial charge >= 0.3 is 12.1 Å². The van der Waals surface area contributed by atoms with Crippen molar-refractivity contribution < 1.29 is 23.1 Å². The number of halogens is 3. The minimum absolute atomic E-state index is 0.118. The van der Waals surface area contributed by atoms with Crippen LogP contribution >= 0.6 is 0 Å². The topological polar surface area (TPSA) is 63.3 Å². The predicted octanol–water partition coefficient (Wildman–Crippen LogP) is 2.05. The fraction of sp³-hybridized carbons (Fsp3) is 0.364. The fourth-order valence-electron chi connectivity index (χ4n) is 1.42. The molecule has 0 radical (unpaired) electrons. The van der Waals surface area contributed by atoms with E-state index in [4.69, 9.17) is 10.8 Å². The number of benzene rings is 1. The van der Waals surface area contributed by atoms with Crippen LogP contribution < -0.4 is 5.73 Å². The van der Waals surface area contributed by atoms with Gasteiger partial charge in [0.25, 0.3) is 0 Å². The third-order valence-electron chi connectivity index (χ3n) is 2.37. The number of carboxylic acids is 1. The highest BCUT2D eigenvalue weighted by Crippen LogP contribution is 2.33. The molecule has 1 atom stereocenters. The standard InChI is InChI=1S/C11H12F3NO2/c1-10(15,9(16)17)6-7-4-2-3-5-8(7)11(12,13)14/h2-5H,6,15H2,1H3,(H,16,17)/t10-/m1/s1. The molecule has 0 aliphatic heterocycles. The summed E-state index contributed by atoms with van der Waals surface area (Å²) in [6.07, 6.45) is -4.89. The summed E-state index contributed by atoms with van der Waals surface area (Å²) in [6.45, 7) is 1.18. The van der Waals surface area contributed by atoms with Gasteiger partial charge in [-0.05, 0) is 18.6 Å². The lowest BCUT2D eigenvalue weighted by molar-refractivity contribution is -0.144. The Kier molecular flexibility index (Phi) is 3.47. The first kappa shape index (κ1) is 13.5. The van der Waals surface area contributed by atoms with Gasteiger partial charge < -0.3 is 10.8 Å². The Morgan fingerprint density at radius 2 is 1.88 bits per heavy atom. The SMILES string of the molecule is C[C@@](N)(Cc1ccccc1C(F)(F)F)C(=O)O. The minimum Gasteiger partial charge on any atom is -0.480 e. The van der Waals surface area contributed by atoms with Crippen molar-refractivity contribution in [1.82, 2.24) is 0 Å². The molecule has 94 valence electrons. The molecule has 0 spiro atoms. The van der Waals surface area contributed by atoms with Gasteiger partial charge in [-0.1, -0.05) is 18.2 Å². The van der Waals surface area contributed by atoms with Crippen molar-refractivity contribution >= 4 is 5.97 Å². The van der Waals surface area contributed by atoms with E-state index in [2.05, 4.69) is 0 Å². The van der Waals surface area contributed by atoms with E-state index in [-0.39, 0.29) is 12.0 Å². The van der Waals surface area contributed by atoms with Crippen molar-refractivity contribution in [3.05, 3.63) is 35.4 Å². The van der Waals surface area contributed by atoms with Crippen molar-refractivity contribution in [3.63, 3.8) is 0 Å². The van der Waals surface area contributed by atoms with E-state index in [1.807, 2.05) is 0 Å². The van der Waals surface area contributed by atoms with Crippen LogP contribution in [0, 0.1) is 0 Å². The molecule has 6 heteroatoms. The summed E-state index contributed by atoms with van der Waals surface area (Å²) < 4.78 is 37.9. The molecule has 3 N–H and O–H groups in total. The molecule has 17 heavy (non-hydrogen) atoms. The van der Waals surface area contributed by atoms with Gasteiger partial charge in [-0.15, -0.1) is 0 Å². The molecule has 0 heterocycles. The Morgan fingerprint density at radius 3 is 2.35 bits per heavy atom. The first-order valence-electron chi connectivity index (χ1n) is 4.82. The number of alkyl halides is 3. The van der Waals surface area contributed by atoms with Crippen molar-refractivity contribution in [2.75, 3.05) is 0 Å². The van der Waals surface area contributed by atoms with Crippen molar-refractivity contribution in [2.45, 2.75) is 25.1 Å². The molecule has 0 bridgehead atoms. The van der Waals surface area contributed by atoms with Crippen LogP contribution in [0.4, 0.5) is 13.2 Å². The van der Waals surface area contributed by atoms with Crippen LogP contribution in [-0.2, 0) is 17.4 Å². The molecule has 3 nitrogen and oxygen atoms in total. The maximum atomic E-state index is 12.6. The number of carbonyl (C=O) groups is 1. The maximum absolute atomic E-state index is 12.6. The molecule has 0 fully saturated rings. The highest BCUT2D eigenvalue weighted by molar-refractivity contribution is 5.78. The summed E-state index contributed by atoms with van der Waals surface area (Å²) in [4.78, 5) is 10.8. The van der Waals surface area contributed by atoms with Gasteiger partial charge in [0.15, 0.2) is 0 Å². The van der Waals surface area contributed by atoms with E-state index in [0.29, 0.717) is 0 Å². The molecule has 0 aromatic heterocycles. The average Bonchev–Trinajstić information content (AvgIpc) is 2.15.